The Bertz CT molecular complexity index is 348. The van der Waals surface area contributed by atoms with Crippen molar-refractivity contribution < 1.29 is 17.9 Å². The Morgan fingerprint density at radius 1 is 1.22 bits per heavy atom. The molecule has 0 fully saturated rings. The fourth-order valence-electron chi connectivity index (χ4n) is 1.67. The van der Waals surface area contributed by atoms with Gasteiger partial charge in [-0.05, 0) is 31.4 Å². The van der Waals surface area contributed by atoms with E-state index in [2.05, 4.69) is 4.74 Å². The topological polar surface area (TPSA) is 35.2 Å². The molecule has 0 saturated heterocycles. The average molecular weight is 261 g/mol. The number of alkyl halides is 3. The summed E-state index contributed by atoms with van der Waals surface area (Å²) in [5, 5.41) is 0. The third kappa shape index (κ3) is 5.51. The van der Waals surface area contributed by atoms with Crippen molar-refractivity contribution in [1.82, 2.24) is 0 Å². The van der Waals surface area contributed by atoms with Crippen molar-refractivity contribution in [2.75, 3.05) is 19.8 Å². The molecule has 1 atom stereocenters. The van der Waals surface area contributed by atoms with Crippen LogP contribution < -0.4 is 5.73 Å². The van der Waals surface area contributed by atoms with Crippen LogP contribution in [0.1, 0.15) is 23.5 Å². The molecular weight excluding hydrogens is 243 g/mol. The first-order chi connectivity index (χ1) is 8.42. The second kappa shape index (κ2) is 6.75. The Labute approximate surface area is 105 Å². The number of ether oxygens (including phenoxy) is 1. The van der Waals surface area contributed by atoms with Crippen LogP contribution in [0, 0.1) is 6.92 Å². The molecule has 0 radical (unpaired) electrons. The molecule has 2 nitrogen and oxygen atoms in total. The second-order valence-corrected chi connectivity index (χ2v) is 4.30. The van der Waals surface area contributed by atoms with Crippen molar-refractivity contribution >= 4 is 0 Å². The minimum atomic E-state index is -4.26. The van der Waals surface area contributed by atoms with Crippen molar-refractivity contribution in [3.8, 4) is 0 Å². The molecule has 1 unspecified atom stereocenters. The maximum absolute atomic E-state index is 11.9. The zero-order chi connectivity index (χ0) is 13.6. The molecule has 0 spiro atoms. The lowest BCUT2D eigenvalue weighted by atomic mass is 9.95. The summed E-state index contributed by atoms with van der Waals surface area (Å²) in [5.41, 5.74) is 7.82. The van der Waals surface area contributed by atoms with E-state index in [1.807, 2.05) is 31.2 Å². The summed E-state index contributed by atoms with van der Waals surface area (Å²) in [6, 6.07) is 7.84. The molecule has 18 heavy (non-hydrogen) atoms. The van der Waals surface area contributed by atoms with Gasteiger partial charge in [0.1, 0.15) is 6.61 Å². The molecule has 5 heteroatoms. The summed E-state index contributed by atoms with van der Waals surface area (Å²) < 4.78 is 40.2. The van der Waals surface area contributed by atoms with Gasteiger partial charge in [-0.2, -0.15) is 13.2 Å². The molecular formula is C13H18F3NO. The molecule has 0 aliphatic carbocycles. The Balaban J connectivity index is 2.40. The van der Waals surface area contributed by atoms with Gasteiger partial charge in [-0.15, -0.1) is 0 Å². The monoisotopic (exact) mass is 261 g/mol. The van der Waals surface area contributed by atoms with Crippen LogP contribution in [0.15, 0.2) is 24.3 Å². The Kier molecular flexibility index (Phi) is 5.62. The molecule has 0 heterocycles. The van der Waals surface area contributed by atoms with Gasteiger partial charge in [-0.1, -0.05) is 29.8 Å². The van der Waals surface area contributed by atoms with Gasteiger partial charge < -0.3 is 10.5 Å². The van der Waals surface area contributed by atoms with Crippen LogP contribution in [0.25, 0.3) is 0 Å². The Morgan fingerprint density at radius 3 is 2.33 bits per heavy atom. The fourth-order valence-corrected chi connectivity index (χ4v) is 1.67. The van der Waals surface area contributed by atoms with E-state index in [0.29, 0.717) is 13.0 Å². The lowest BCUT2D eigenvalue weighted by molar-refractivity contribution is -0.174. The van der Waals surface area contributed by atoms with E-state index in [1.54, 1.807) is 0 Å². The van der Waals surface area contributed by atoms with Gasteiger partial charge in [0.05, 0.1) is 0 Å². The minimum absolute atomic E-state index is 0.0406. The maximum atomic E-state index is 11.9. The highest BCUT2D eigenvalue weighted by molar-refractivity contribution is 5.24. The van der Waals surface area contributed by atoms with Gasteiger partial charge in [-0.25, -0.2) is 0 Å². The van der Waals surface area contributed by atoms with Crippen molar-refractivity contribution in [3.05, 3.63) is 35.4 Å². The van der Waals surface area contributed by atoms with E-state index >= 15 is 0 Å². The minimum Gasteiger partial charge on any atom is -0.372 e. The van der Waals surface area contributed by atoms with E-state index in [-0.39, 0.29) is 12.5 Å². The van der Waals surface area contributed by atoms with Crippen LogP contribution in [0.2, 0.25) is 0 Å². The summed E-state index contributed by atoms with van der Waals surface area (Å²) in [7, 11) is 0. The van der Waals surface area contributed by atoms with E-state index in [9.17, 15) is 13.2 Å². The largest absolute Gasteiger partial charge is 0.411 e. The molecule has 0 bridgehead atoms. The van der Waals surface area contributed by atoms with Crippen LogP contribution in [-0.4, -0.2) is 25.9 Å². The van der Waals surface area contributed by atoms with Crippen molar-refractivity contribution in [1.29, 1.82) is 0 Å². The first kappa shape index (κ1) is 15.0. The molecule has 1 aromatic rings. The number of hydrogen-bond donors (Lipinski definition) is 1. The summed E-state index contributed by atoms with van der Waals surface area (Å²) in [5.74, 6) is 0.0406. The third-order valence-corrected chi connectivity index (χ3v) is 2.71. The Morgan fingerprint density at radius 2 is 1.83 bits per heavy atom. The van der Waals surface area contributed by atoms with Gasteiger partial charge in [0.25, 0.3) is 0 Å². The SMILES string of the molecule is Cc1ccc(C(CN)CCOCC(F)(F)F)cc1. The maximum Gasteiger partial charge on any atom is 0.411 e. The normalized spacial score (nSPS) is 13.6. The number of rotatable bonds is 6. The van der Waals surface area contributed by atoms with Gasteiger partial charge in [0.15, 0.2) is 0 Å². The summed E-state index contributed by atoms with van der Waals surface area (Å²) in [6.07, 6.45) is -3.77. The van der Waals surface area contributed by atoms with Gasteiger partial charge in [-0.3, -0.25) is 0 Å². The molecule has 0 aliphatic heterocycles. The molecule has 1 rings (SSSR count). The first-order valence-electron chi connectivity index (χ1n) is 5.83. The highest BCUT2D eigenvalue weighted by atomic mass is 19.4. The predicted molar refractivity (Wildman–Crippen MR) is 64.5 cm³/mol. The lowest BCUT2D eigenvalue weighted by Crippen LogP contribution is -2.20. The summed E-state index contributed by atoms with van der Waals surface area (Å²) >= 11 is 0. The van der Waals surface area contributed by atoms with Gasteiger partial charge >= 0.3 is 6.18 Å². The first-order valence-corrected chi connectivity index (χ1v) is 5.83. The molecule has 2 N–H and O–H groups in total. The smallest absolute Gasteiger partial charge is 0.372 e. The fraction of sp³-hybridized carbons (Fsp3) is 0.538. The van der Waals surface area contributed by atoms with Crippen LogP contribution in [0.3, 0.4) is 0 Å². The summed E-state index contributed by atoms with van der Waals surface area (Å²) in [6.45, 7) is 1.25. The summed E-state index contributed by atoms with van der Waals surface area (Å²) in [4.78, 5) is 0. The van der Waals surface area contributed by atoms with E-state index < -0.39 is 12.8 Å². The van der Waals surface area contributed by atoms with Crippen LogP contribution in [-0.2, 0) is 4.74 Å². The lowest BCUT2D eigenvalue weighted by Gasteiger charge is -2.16. The predicted octanol–water partition coefficient (Wildman–Crippen LogP) is 3.01. The molecule has 1 aromatic carbocycles. The average Bonchev–Trinajstić information content (AvgIpc) is 2.29. The second-order valence-electron chi connectivity index (χ2n) is 4.30. The van der Waals surface area contributed by atoms with E-state index in [0.717, 1.165) is 11.1 Å². The van der Waals surface area contributed by atoms with Crippen molar-refractivity contribution in [2.24, 2.45) is 5.73 Å². The van der Waals surface area contributed by atoms with Gasteiger partial charge in [0, 0.05) is 6.61 Å². The quantitative estimate of drug-likeness (QED) is 0.799. The number of nitrogens with two attached hydrogens (primary N) is 1. The zero-order valence-corrected chi connectivity index (χ0v) is 10.3. The number of hydrogen-bond acceptors (Lipinski definition) is 2. The van der Waals surface area contributed by atoms with Crippen LogP contribution in [0.4, 0.5) is 13.2 Å². The van der Waals surface area contributed by atoms with Crippen LogP contribution in [0.5, 0.6) is 0 Å². The molecule has 0 aromatic heterocycles. The number of halogens is 3. The molecule has 0 amide bonds. The molecule has 0 aliphatic rings. The standard InChI is InChI=1S/C13H18F3NO/c1-10-2-4-11(5-3-10)12(8-17)6-7-18-9-13(14,15)16/h2-5,12H,6-9,17H2,1H3. The van der Waals surface area contributed by atoms with Crippen molar-refractivity contribution in [3.63, 3.8) is 0 Å². The van der Waals surface area contributed by atoms with Crippen molar-refractivity contribution in [2.45, 2.75) is 25.4 Å². The van der Waals surface area contributed by atoms with Gasteiger partial charge in [0.2, 0.25) is 0 Å². The third-order valence-electron chi connectivity index (χ3n) is 2.71. The Hall–Kier alpha value is -1.07. The number of benzene rings is 1. The zero-order valence-electron chi connectivity index (χ0n) is 10.3. The number of aryl methyl sites for hydroxylation is 1. The van der Waals surface area contributed by atoms with E-state index in [4.69, 9.17) is 5.73 Å². The van der Waals surface area contributed by atoms with E-state index in [1.165, 1.54) is 0 Å². The molecule has 0 saturated carbocycles. The van der Waals surface area contributed by atoms with Crippen LogP contribution >= 0.6 is 0 Å². The highest BCUT2D eigenvalue weighted by Gasteiger charge is 2.27. The highest BCUT2D eigenvalue weighted by Crippen LogP contribution is 2.20. The molecule has 102 valence electrons.